The molecule has 0 radical (unpaired) electrons. The molecule has 1 aromatic rings. The monoisotopic (exact) mass is 437 g/mol. The molecule has 23 heavy (non-hydrogen) atoms. The molecule has 0 aliphatic heterocycles. The van der Waals surface area contributed by atoms with Crippen LogP contribution in [-0.4, -0.2) is 39.2 Å². The third-order valence-corrected chi connectivity index (χ3v) is 3.38. The third-order valence-electron chi connectivity index (χ3n) is 3.38. The Kier molecular flexibility index (Phi) is 9.78. The van der Waals surface area contributed by atoms with Crippen molar-refractivity contribution >= 4 is 35.9 Å². The quantitative estimate of drug-likeness (QED) is 0.311. The Morgan fingerprint density at radius 1 is 1.35 bits per heavy atom. The molecule has 0 atom stereocenters. The van der Waals surface area contributed by atoms with Gasteiger partial charge in [0.1, 0.15) is 5.82 Å². The molecule has 0 bridgehead atoms. The van der Waals surface area contributed by atoms with Crippen molar-refractivity contribution in [3.63, 3.8) is 0 Å². The summed E-state index contributed by atoms with van der Waals surface area (Å²) in [6.07, 6.45) is 0.268. The molecule has 0 fully saturated rings. The van der Waals surface area contributed by atoms with Crippen LogP contribution in [-0.2, 0) is 14.9 Å². The van der Waals surface area contributed by atoms with Crippen LogP contribution in [0.2, 0.25) is 0 Å². The molecule has 0 amide bonds. The van der Waals surface area contributed by atoms with Crippen molar-refractivity contribution < 1.29 is 13.9 Å². The molecular weight excluding hydrogens is 412 g/mol. The number of guanidine groups is 1. The van der Waals surface area contributed by atoms with Gasteiger partial charge >= 0.3 is 5.97 Å². The highest BCUT2D eigenvalue weighted by molar-refractivity contribution is 14.0. The van der Waals surface area contributed by atoms with Crippen molar-refractivity contribution in [2.24, 2.45) is 4.99 Å². The first-order valence-electron chi connectivity index (χ1n) is 7.16. The van der Waals surface area contributed by atoms with Crippen LogP contribution in [0.15, 0.2) is 29.3 Å². The van der Waals surface area contributed by atoms with Crippen LogP contribution in [0.4, 0.5) is 4.39 Å². The van der Waals surface area contributed by atoms with Crippen LogP contribution in [0.5, 0.6) is 0 Å². The molecule has 0 aromatic heterocycles. The second-order valence-electron chi connectivity index (χ2n) is 5.57. The minimum Gasteiger partial charge on any atom is -0.469 e. The smallest absolute Gasteiger partial charge is 0.307 e. The van der Waals surface area contributed by atoms with Crippen molar-refractivity contribution in [3.05, 3.63) is 35.6 Å². The van der Waals surface area contributed by atoms with Gasteiger partial charge in [-0.25, -0.2) is 4.39 Å². The SMILES string of the molecule is CN=C(NCCC(=O)OC)NCC(C)(C)c1cccc(F)c1.I. The van der Waals surface area contributed by atoms with E-state index in [4.69, 9.17) is 0 Å². The molecule has 0 saturated carbocycles. The van der Waals surface area contributed by atoms with E-state index in [1.54, 1.807) is 13.1 Å². The number of hydrogen-bond donors (Lipinski definition) is 2. The first-order chi connectivity index (χ1) is 10.4. The number of benzene rings is 1. The second kappa shape index (κ2) is 10.4. The molecule has 1 rings (SSSR count). The number of carbonyl (C=O) groups is 1. The fourth-order valence-electron chi connectivity index (χ4n) is 1.92. The highest BCUT2D eigenvalue weighted by Crippen LogP contribution is 2.22. The number of methoxy groups -OCH3 is 1. The van der Waals surface area contributed by atoms with Crippen molar-refractivity contribution in [1.82, 2.24) is 10.6 Å². The molecule has 130 valence electrons. The standard InChI is InChI=1S/C16H24FN3O2.HI/c1-16(2,12-6-5-7-13(17)10-12)11-20-15(18-3)19-9-8-14(21)22-4;/h5-7,10H,8-9,11H2,1-4H3,(H2,18,19,20);1H. The van der Waals surface area contributed by atoms with E-state index >= 15 is 0 Å². The van der Waals surface area contributed by atoms with E-state index in [1.807, 2.05) is 19.9 Å². The summed E-state index contributed by atoms with van der Waals surface area (Å²) in [6.45, 7) is 5.06. The van der Waals surface area contributed by atoms with Gasteiger partial charge in [-0.05, 0) is 17.7 Å². The van der Waals surface area contributed by atoms with Gasteiger partial charge < -0.3 is 15.4 Å². The summed E-state index contributed by atoms with van der Waals surface area (Å²) >= 11 is 0. The maximum absolute atomic E-state index is 13.3. The van der Waals surface area contributed by atoms with Gasteiger partial charge in [-0.1, -0.05) is 26.0 Å². The molecule has 1 aromatic carbocycles. The molecule has 2 N–H and O–H groups in total. The first kappa shape index (κ1) is 21.6. The number of rotatable bonds is 6. The van der Waals surface area contributed by atoms with E-state index in [0.717, 1.165) is 5.56 Å². The van der Waals surface area contributed by atoms with Gasteiger partial charge in [-0.3, -0.25) is 9.79 Å². The Balaban J connectivity index is 0.00000484. The van der Waals surface area contributed by atoms with Crippen molar-refractivity contribution in [2.45, 2.75) is 25.7 Å². The van der Waals surface area contributed by atoms with Crippen molar-refractivity contribution in [2.75, 3.05) is 27.2 Å². The van der Waals surface area contributed by atoms with Gasteiger partial charge in [0, 0.05) is 25.6 Å². The fraction of sp³-hybridized carbons (Fsp3) is 0.500. The van der Waals surface area contributed by atoms with E-state index in [9.17, 15) is 9.18 Å². The average molecular weight is 437 g/mol. The van der Waals surface area contributed by atoms with Gasteiger partial charge in [0.2, 0.25) is 0 Å². The summed E-state index contributed by atoms with van der Waals surface area (Å²) < 4.78 is 17.9. The lowest BCUT2D eigenvalue weighted by atomic mass is 9.84. The summed E-state index contributed by atoms with van der Waals surface area (Å²) in [4.78, 5) is 15.2. The lowest BCUT2D eigenvalue weighted by Gasteiger charge is -2.26. The lowest BCUT2D eigenvalue weighted by Crippen LogP contribution is -2.44. The highest BCUT2D eigenvalue weighted by atomic mass is 127. The molecule has 5 nitrogen and oxygen atoms in total. The molecule has 7 heteroatoms. The van der Waals surface area contributed by atoms with Crippen LogP contribution >= 0.6 is 24.0 Å². The van der Waals surface area contributed by atoms with E-state index in [2.05, 4.69) is 20.4 Å². The summed E-state index contributed by atoms with van der Waals surface area (Å²) in [5.74, 6) is 0.0718. The topological polar surface area (TPSA) is 62.7 Å². The second-order valence-corrected chi connectivity index (χ2v) is 5.57. The number of carbonyl (C=O) groups excluding carboxylic acids is 1. The minimum atomic E-state index is -0.275. The largest absolute Gasteiger partial charge is 0.469 e. The van der Waals surface area contributed by atoms with E-state index < -0.39 is 0 Å². The number of ether oxygens (including phenoxy) is 1. The van der Waals surface area contributed by atoms with Gasteiger partial charge in [0.25, 0.3) is 0 Å². The maximum atomic E-state index is 13.3. The highest BCUT2D eigenvalue weighted by Gasteiger charge is 2.21. The molecule has 0 saturated heterocycles. The number of esters is 1. The zero-order valence-electron chi connectivity index (χ0n) is 14.0. The Labute approximate surface area is 154 Å². The Morgan fingerprint density at radius 2 is 2.04 bits per heavy atom. The van der Waals surface area contributed by atoms with E-state index in [-0.39, 0.29) is 47.6 Å². The third kappa shape index (κ3) is 7.62. The van der Waals surface area contributed by atoms with Crippen molar-refractivity contribution in [1.29, 1.82) is 0 Å². The summed E-state index contributed by atoms with van der Waals surface area (Å²) in [6, 6.07) is 6.57. The number of nitrogens with zero attached hydrogens (tertiary/aromatic N) is 1. The molecule has 0 spiro atoms. The van der Waals surface area contributed by atoms with Crippen LogP contribution < -0.4 is 10.6 Å². The number of hydrogen-bond acceptors (Lipinski definition) is 3. The van der Waals surface area contributed by atoms with Gasteiger partial charge in [0.05, 0.1) is 13.5 Å². The van der Waals surface area contributed by atoms with Crippen LogP contribution in [0.25, 0.3) is 0 Å². The molecule has 0 aliphatic carbocycles. The zero-order valence-corrected chi connectivity index (χ0v) is 16.3. The predicted molar refractivity (Wildman–Crippen MR) is 101 cm³/mol. The normalized spacial score (nSPS) is 11.4. The first-order valence-corrected chi connectivity index (χ1v) is 7.16. The molecule has 0 unspecified atom stereocenters. The predicted octanol–water partition coefficient (Wildman–Crippen LogP) is 2.45. The van der Waals surface area contributed by atoms with Crippen LogP contribution in [0.3, 0.4) is 0 Å². The average Bonchev–Trinajstić information content (AvgIpc) is 2.50. The lowest BCUT2D eigenvalue weighted by molar-refractivity contribution is -0.140. The number of nitrogens with one attached hydrogen (secondary N) is 2. The summed E-state index contributed by atoms with van der Waals surface area (Å²) in [7, 11) is 3.01. The zero-order chi connectivity index (χ0) is 16.6. The van der Waals surface area contributed by atoms with Gasteiger partial charge in [-0.15, -0.1) is 24.0 Å². The van der Waals surface area contributed by atoms with Crippen LogP contribution in [0.1, 0.15) is 25.8 Å². The summed E-state index contributed by atoms with van der Waals surface area (Å²) in [5, 5.41) is 6.22. The Bertz CT molecular complexity index is 536. The van der Waals surface area contributed by atoms with Crippen LogP contribution in [0, 0.1) is 5.82 Å². The van der Waals surface area contributed by atoms with E-state index in [1.165, 1.54) is 19.2 Å². The summed E-state index contributed by atoms with van der Waals surface area (Å²) in [5.41, 5.74) is 0.646. The van der Waals surface area contributed by atoms with Crippen molar-refractivity contribution in [3.8, 4) is 0 Å². The molecule has 0 heterocycles. The number of aliphatic imine (C=N–C) groups is 1. The Morgan fingerprint density at radius 3 is 2.61 bits per heavy atom. The molecule has 0 aliphatic rings. The minimum absolute atomic E-state index is 0. The fourth-order valence-corrected chi connectivity index (χ4v) is 1.92. The maximum Gasteiger partial charge on any atom is 0.307 e. The number of halogens is 2. The van der Waals surface area contributed by atoms with E-state index in [0.29, 0.717) is 19.0 Å². The molecular formula is C16H25FIN3O2. The van der Waals surface area contributed by atoms with Gasteiger partial charge in [-0.2, -0.15) is 0 Å². The van der Waals surface area contributed by atoms with Gasteiger partial charge in [0.15, 0.2) is 5.96 Å². The Hall–Kier alpha value is -1.38.